The van der Waals surface area contributed by atoms with E-state index in [-0.39, 0.29) is 6.10 Å². The van der Waals surface area contributed by atoms with Gasteiger partial charge in [-0.05, 0) is 30.4 Å². The van der Waals surface area contributed by atoms with Gasteiger partial charge in [0.2, 0.25) is 0 Å². The highest BCUT2D eigenvalue weighted by Gasteiger charge is 2.33. The zero-order valence-corrected chi connectivity index (χ0v) is 18.5. The molecule has 3 atom stereocenters. The zero-order chi connectivity index (χ0) is 20.9. The molecule has 0 aromatic heterocycles. The van der Waals surface area contributed by atoms with Crippen LogP contribution in [0.3, 0.4) is 0 Å². The molecule has 166 valence electrons. The normalized spacial score (nSPS) is 26.9. The molecular formula is C23H36N4O3. The number of nitrogens with zero attached hydrogens (tertiary/aromatic N) is 2. The molecule has 1 saturated heterocycles. The minimum absolute atomic E-state index is 0.136. The number of anilines is 1. The fourth-order valence-corrected chi connectivity index (χ4v) is 3.96. The van der Waals surface area contributed by atoms with Gasteiger partial charge in [0, 0.05) is 43.9 Å². The SMILES string of the molecule is CC(C)CN1CCOC(CN=C(Nc2ccc3c(c2)OCCCO3)NC2CC2C)C1. The van der Waals surface area contributed by atoms with Crippen molar-refractivity contribution in [1.82, 2.24) is 10.2 Å². The Labute approximate surface area is 180 Å². The van der Waals surface area contributed by atoms with Crippen molar-refractivity contribution in [2.24, 2.45) is 16.8 Å². The Morgan fingerprint density at radius 3 is 2.77 bits per heavy atom. The summed E-state index contributed by atoms with van der Waals surface area (Å²) >= 11 is 0. The van der Waals surface area contributed by atoms with Crippen molar-refractivity contribution in [3.63, 3.8) is 0 Å². The monoisotopic (exact) mass is 416 g/mol. The first kappa shape index (κ1) is 21.2. The van der Waals surface area contributed by atoms with Crippen LogP contribution in [0, 0.1) is 11.8 Å². The molecule has 2 heterocycles. The average Bonchev–Trinajstić information content (AvgIpc) is 3.46. The van der Waals surface area contributed by atoms with E-state index >= 15 is 0 Å². The van der Waals surface area contributed by atoms with E-state index in [0.29, 0.717) is 37.6 Å². The molecule has 0 spiro atoms. The number of fused-ring (bicyclic) bond motifs is 1. The van der Waals surface area contributed by atoms with Gasteiger partial charge >= 0.3 is 0 Å². The number of benzene rings is 1. The Morgan fingerprint density at radius 1 is 1.20 bits per heavy atom. The van der Waals surface area contributed by atoms with E-state index in [9.17, 15) is 0 Å². The molecule has 0 amide bonds. The van der Waals surface area contributed by atoms with E-state index in [1.54, 1.807) is 0 Å². The maximum absolute atomic E-state index is 5.98. The van der Waals surface area contributed by atoms with Gasteiger partial charge in [0.25, 0.3) is 0 Å². The van der Waals surface area contributed by atoms with Gasteiger partial charge in [0.05, 0.1) is 32.5 Å². The highest BCUT2D eigenvalue weighted by molar-refractivity contribution is 5.94. The third kappa shape index (κ3) is 6.01. The maximum atomic E-state index is 5.98. The predicted octanol–water partition coefficient (Wildman–Crippen LogP) is 2.97. The lowest BCUT2D eigenvalue weighted by Crippen LogP contribution is -2.45. The third-order valence-corrected chi connectivity index (χ3v) is 5.74. The second-order valence-electron chi connectivity index (χ2n) is 9.14. The summed E-state index contributed by atoms with van der Waals surface area (Å²) < 4.78 is 17.5. The van der Waals surface area contributed by atoms with E-state index in [0.717, 1.165) is 55.8 Å². The summed E-state index contributed by atoms with van der Waals surface area (Å²) in [4.78, 5) is 7.36. The van der Waals surface area contributed by atoms with Gasteiger partial charge in [-0.15, -0.1) is 0 Å². The van der Waals surface area contributed by atoms with E-state index in [1.807, 2.05) is 18.2 Å². The molecule has 30 heavy (non-hydrogen) atoms. The number of hydrogen-bond donors (Lipinski definition) is 2. The van der Waals surface area contributed by atoms with Crippen molar-refractivity contribution >= 4 is 11.6 Å². The van der Waals surface area contributed by atoms with Gasteiger partial charge < -0.3 is 24.8 Å². The van der Waals surface area contributed by atoms with Crippen LogP contribution < -0.4 is 20.1 Å². The first-order chi connectivity index (χ1) is 14.6. The number of ether oxygens (including phenoxy) is 3. The largest absolute Gasteiger partial charge is 0.490 e. The van der Waals surface area contributed by atoms with Crippen LogP contribution >= 0.6 is 0 Å². The smallest absolute Gasteiger partial charge is 0.196 e. The number of morpholine rings is 1. The van der Waals surface area contributed by atoms with Gasteiger partial charge in [-0.25, -0.2) is 0 Å². The van der Waals surface area contributed by atoms with Crippen molar-refractivity contribution in [3.8, 4) is 11.5 Å². The lowest BCUT2D eigenvalue weighted by molar-refractivity contribution is -0.0261. The minimum atomic E-state index is 0.136. The molecule has 4 rings (SSSR count). The fourth-order valence-electron chi connectivity index (χ4n) is 3.96. The Morgan fingerprint density at radius 2 is 2.00 bits per heavy atom. The molecule has 3 aliphatic rings. The highest BCUT2D eigenvalue weighted by atomic mass is 16.5. The highest BCUT2D eigenvalue weighted by Crippen LogP contribution is 2.33. The van der Waals surface area contributed by atoms with Gasteiger partial charge in [-0.2, -0.15) is 0 Å². The summed E-state index contributed by atoms with van der Waals surface area (Å²) in [5, 5.41) is 7.02. The van der Waals surface area contributed by atoms with Crippen LogP contribution in [0.4, 0.5) is 5.69 Å². The molecule has 2 N–H and O–H groups in total. The van der Waals surface area contributed by atoms with Gasteiger partial charge in [0.1, 0.15) is 0 Å². The fraction of sp³-hybridized carbons (Fsp3) is 0.696. The molecule has 2 aliphatic heterocycles. The number of guanidine groups is 1. The summed E-state index contributed by atoms with van der Waals surface area (Å²) in [5.74, 6) is 3.76. The third-order valence-electron chi connectivity index (χ3n) is 5.74. The predicted molar refractivity (Wildman–Crippen MR) is 120 cm³/mol. The Bertz CT molecular complexity index is 739. The van der Waals surface area contributed by atoms with Crippen molar-refractivity contribution in [2.75, 3.05) is 51.3 Å². The van der Waals surface area contributed by atoms with Crippen LogP contribution in [0.15, 0.2) is 23.2 Å². The molecule has 7 heteroatoms. The number of hydrogen-bond acceptors (Lipinski definition) is 5. The van der Waals surface area contributed by atoms with Crippen LogP contribution in [0.2, 0.25) is 0 Å². The lowest BCUT2D eigenvalue weighted by atomic mass is 10.2. The zero-order valence-electron chi connectivity index (χ0n) is 18.5. The van der Waals surface area contributed by atoms with Crippen LogP contribution in [-0.2, 0) is 4.74 Å². The number of nitrogens with one attached hydrogen (secondary N) is 2. The molecule has 3 unspecified atom stereocenters. The van der Waals surface area contributed by atoms with E-state index in [1.165, 1.54) is 6.42 Å². The van der Waals surface area contributed by atoms with E-state index < -0.39 is 0 Å². The summed E-state index contributed by atoms with van der Waals surface area (Å²) in [6, 6.07) is 6.47. The van der Waals surface area contributed by atoms with Crippen molar-refractivity contribution < 1.29 is 14.2 Å². The number of aliphatic imine (C=N–C) groups is 1. The molecule has 1 aromatic rings. The van der Waals surface area contributed by atoms with Crippen LogP contribution in [0.5, 0.6) is 11.5 Å². The molecule has 1 aromatic carbocycles. The standard InChI is InChI=1S/C23H36N4O3/c1-16(2)14-27-7-10-28-19(15-27)13-24-23(26-20-11-17(20)3)25-18-5-6-21-22(12-18)30-9-4-8-29-21/h5-6,12,16-17,19-20H,4,7-11,13-15H2,1-3H3,(H2,24,25,26). The summed E-state index contributed by atoms with van der Waals surface area (Å²) in [7, 11) is 0. The molecule has 7 nitrogen and oxygen atoms in total. The lowest BCUT2D eigenvalue weighted by Gasteiger charge is -2.33. The van der Waals surface area contributed by atoms with E-state index in [4.69, 9.17) is 19.2 Å². The molecule has 2 fully saturated rings. The Kier molecular flexibility index (Phi) is 7.00. The average molecular weight is 417 g/mol. The molecule has 0 bridgehead atoms. The van der Waals surface area contributed by atoms with Gasteiger partial charge in [-0.1, -0.05) is 20.8 Å². The topological polar surface area (TPSA) is 67.4 Å². The van der Waals surface area contributed by atoms with Crippen molar-refractivity contribution in [1.29, 1.82) is 0 Å². The second kappa shape index (κ2) is 9.88. The molecular weight excluding hydrogens is 380 g/mol. The van der Waals surface area contributed by atoms with Crippen LogP contribution in [-0.4, -0.2) is 69.0 Å². The van der Waals surface area contributed by atoms with Gasteiger partial charge in [0.15, 0.2) is 17.5 Å². The first-order valence-electron chi connectivity index (χ1n) is 11.4. The van der Waals surface area contributed by atoms with E-state index in [2.05, 4.69) is 36.3 Å². The quantitative estimate of drug-likeness (QED) is 0.549. The van der Waals surface area contributed by atoms with Gasteiger partial charge in [-0.3, -0.25) is 9.89 Å². The van der Waals surface area contributed by atoms with Crippen molar-refractivity contribution in [3.05, 3.63) is 18.2 Å². The first-order valence-corrected chi connectivity index (χ1v) is 11.4. The Balaban J connectivity index is 1.40. The number of rotatable bonds is 6. The second-order valence-corrected chi connectivity index (χ2v) is 9.14. The van der Waals surface area contributed by atoms with Crippen molar-refractivity contribution in [2.45, 2.75) is 45.8 Å². The Hall–Kier alpha value is -1.99. The minimum Gasteiger partial charge on any atom is -0.490 e. The molecule has 1 saturated carbocycles. The summed E-state index contributed by atoms with van der Waals surface area (Å²) in [6.07, 6.45) is 2.22. The van der Waals surface area contributed by atoms with Crippen LogP contribution in [0.1, 0.15) is 33.6 Å². The molecule has 0 radical (unpaired) electrons. The van der Waals surface area contributed by atoms with Crippen LogP contribution in [0.25, 0.3) is 0 Å². The molecule has 1 aliphatic carbocycles. The summed E-state index contributed by atoms with van der Waals surface area (Å²) in [5.41, 5.74) is 0.949. The summed E-state index contributed by atoms with van der Waals surface area (Å²) in [6.45, 7) is 12.7. The maximum Gasteiger partial charge on any atom is 0.196 e.